The molecule has 0 N–H and O–H groups in total. The molecule has 9 heteroatoms. The second-order valence-electron chi connectivity index (χ2n) is 10.5. The molecule has 1 aromatic carbocycles. The van der Waals surface area contributed by atoms with E-state index in [-0.39, 0.29) is 40.0 Å². The first-order chi connectivity index (χ1) is 15.4. The highest BCUT2D eigenvalue weighted by molar-refractivity contribution is 9.10. The summed E-state index contributed by atoms with van der Waals surface area (Å²) < 4.78 is 22.1. The standard InChI is InChI=1S/C24H23BrO8/c1-10(26)30-14-7-5-6-12-16(14)17(28)13-8-15-22(32-15)9-21(3,4)20-24(33-20,31-11(2)27)19(22)23(13,25)18(12)29/h5-7,13,15,19-20H,8-9H2,1-4H3/t13-,15+,19-,20+,22+,23+,24-/m0/s1. The molecule has 5 aliphatic rings. The Morgan fingerprint density at radius 1 is 1.12 bits per heavy atom. The molecule has 174 valence electrons. The van der Waals surface area contributed by atoms with Gasteiger partial charge in [-0.15, -0.1) is 0 Å². The number of halogens is 1. The monoisotopic (exact) mass is 518 g/mol. The second-order valence-corrected chi connectivity index (χ2v) is 11.8. The van der Waals surface area contributed by atoms with Gasteiger partial charge in [0.1, 0.15) is 21.8 Å². The molecular weight excluding hydrogens is 496 g/mol. The Balaban J connectivity index is 1.54. The summed E-state index contributed by atoms with van der Waals surface area (Å²) in [6.45, 7) is 6.62. The molecule has 1 spiro atoms. The second kappa shape index (κ2) is 6.12. The Kier molecular flexibility index (Phi) is 3.97. The summed E-state index contributed by atoms with van der Waals surface area (Å²) in [5.41, 5.74) is -0.815. The van der Waals surface area contributed by atoms with Gasteiger partial charge in [0.2, 0.25) is 5.79 Å². The smallest absolute Gasteiger partial charge is 0.308 e. The third kappa shape index (κ3) is 2.48. The van der Waals surface area contributed by atoms with Crippen LogP contribution in [-0.4, -0.2) is 51.4 Å². The van der Waals surface area contributed by atoms with Crippen LogP contribution in [-0.2, 0) is 23.8 Å². The number of ether oxygens (including phenoxy) is 4. The van der Waals surface area contributed by atoms with Crippen LogP contribution in [0.4, 0.5) is 0 Å². The van der Waals surface area contributed by atoms with Crippen molar-refractivity contribution in [2.24, 2.45) is 17.3 Å². The number of epoxide rings is 2. The van der Waals surface area contributed by atoms with Gasteiger partial charge >= 0.3 is 11.9 Å². The van der Waals surface area contributed by atoms with Crippen LogP contribution in [0.15, 0.2) is 18.2 Å². The maximum Gasteiger partial charge on any atom is 0.308 e. The quantitative estimate of drug-likeness (QED) is 0.254. The third-order valence-electron chi connectivity index (χ3n) is 7.91. The number of Topliss-reactive ketones (excluding diaryl/α,β-unsaturated/α-hetero) is 2. The zero-order valence-corrected chi connectivity index (χ0v) is 20.2. The zero-order chi connectivity index (χ0) is 23.7. The molecule has 7 atom stereocenters. The number of hydrogen-bond donors (Lipinski definition) is 0. The first-order valence-electron chi connectivity index (χ1n) is 11.0. The van der Waals surface area contributed by atoms with E-state index in [0.29, 0.717) is 12.8 Å². The molecule has 6 rings (SSSR count). The summed E-state index contributed by atoms with van der Waals surface area (Å²) in [4.78, 5) is 51.7. The van der Waals surface area contributed by atoms with E-state index in [9.17, 15) is 19.2 Å². The average Bonchev–Trinajstić information content (AvgIpc) is 3.58. The van der Waals surface area contributed by atoms with Gasteiger partial charge in [0.05, 0.1) is 17.6 Å². The summed E-state index contributed by atoms with van der Waals surface area (Å²) >= 11 is 3.73. The highest BCUT2D eigenvalue weighted by Gasteiger charge is 2.90. The highest BCUT2D eigenvalue weighted by Crippen LogP contribution is 2.76. The van der Waals surface area contributed by atoms with Gasteiger partial charge in [0, 0.05) is 30.7 Å². The van der Waals surface area contributed by atoms with Gasteiger partial charge in [-0.3, -0.25) is 19.2 Å². The van der Waals surface area contributed by atoms with Gasteiger partial charge in [-0.2, -0.15) is 0 Å². The number of fused-ring (bicyclic) bond motifs is 5. The molecule has 2 aliphatic heterocycles. The van der Waals surface area contributed by atoms with Crippen molar-refractivity contribution < 1.29 is 38.1 Å². The lowest BCUT2D eigenvalue weighted by atomic mass is 9.51. The van der Waals surface area contributed by atoms with Crippen molar-refractivity contribution >= 4 is 39.4 Å². The van der Waals surface area contributed by atoms with E-state index < -0.39 is 45.6 Å². The fraction of sp³-hybridized carbons (Fsp3) is 0.583. The van der Waals surface area contributed by atoms with Gasteiger partial charge in [-0.05, 0) is 18.9 Å². The first kappa shape index (κ1) is 21.4. The molecule has 2 saturated heterocycles. The number of carbonyl (C=O) groups is 4. The number of hydrogen-bond acceptors (Lipinski definition) is 8. The van der Waals surface area contributed by atoms with Crippen molar-refractivity contribution in [2.75, 3.05) is 0 Å². The highest BCUT2D eigenvalue weighted by atomic mass is 79.9. The number of alkyl halides is 1. The molecule has 0 unspecified atom stereocenters. The maximum absolute atomic E-state index is 14.1. The van der Waals surface area contributed by atoms with Gasteiger partial charge in [-0.1, -0.05) is 41.9 Å². The van der Waals surface area contributed by atoms with Crippen molar-refractivity contribution in [3.8, 4) is 5.75 Å². The van der Waals surface area contributed by atoms with Crippen LogP contribution in [0.25, 0.3) is 0 Å². The van der Waals surface area contributed by atoms with E-state index in [1.54, 1.807) is 12.1 Å². The van der Waals surface area contributed by atoms with Crippen molar-refractivity contribution in [2.45, 2.75) is 68.5 Å². The van der Waals surface area contributed by atoms with E-state index in [1.807, 2.05) is 13.8 Å². The summed E-state index contributed by atoms with van der Waals surface area (Å²) in [7, 11) is 0. The molecule has 8 nitrogen and oxygen atoms in total. The maximum atomic E-state index is 14.1. The number of esters is 2. The summed E-state index contributed by atoms with van der Waals surface area (Å²) in [6.07, 6.45) is 0.260. The van der Waals surface area contributed by atoms with E-state index in [0.717, 1.165) is 0 Å². The predicted octanol–water partition coefficient (Wildman–Crippen LogP) is 2.99. The van der Waals surface area contributed by atoms with Crippen LogP contribution in [0.1, 0.15) is 61.3 Å². The van der Waals surface area contributed by atoms with Gasteiger partial charge < -0.3 is 18.9 Å². The van der Waals surface area contributed by atoms with Crippen molar-refractivity contribution in [1.29, 1.82) is 0 Å². The third-order valence-corrected chi connectivity index (χ3v) is 9.28. The Bertz CT molecular complexity index is 1170. The predicted molar refractivity (Wildman–Crippen MR) is 115 cm³/mol. The van der Waals surface area contributed by atoms with E-state index in [2.05, 4.69) is 15.9 Å². The van der Waals surface area contributed by atoms with E-state index in [4.69, 9.17) is 18.9 Å². The Labute approximate surface area is 198 Å². The minimum atomic E-state index is -1.39. The van der Waals surface area contributed by atoms with Crippen LogP contribution < -0.4 is 4.74 Å². The lowest BCUT2D eigenvalue weighted by Gasteiger charge is -2.52. The lowest BCUT2D eigenvalue weighted by molar-refractivity contribution is -0.172. The van der Waals surface area contributed by atoms with Crippen LogP contribution in [0.2, 0.25) is 0 Å². The molecule has 3 aliphatic carbocycles. The Morgan fingerprint density at radius 2 is 1.85 bits per heavy atom. The van der Waals surface area contributed by atoms with Crippen LogP contribution >= 0.6 is 15.9 Å². The summed E-state index contributed by atoms with van der Waals surface area (Å²) in [5, 5.41) is 0. The van der Waals surface area contributed by atoms with E-state index >= 15 is 0 Å². The molecule has 0 bridgehead atoms. The average molecular weight is 519 g/mol. The van der Waals surface area contributed by atoms with Crippen molar-refractivity contribution in [3.63, 3.8) is 0 Å². The largest absolute Gasteiger partial charge is 0.430 e. The van der Waals surface area contributed by atoms with Gasteiger partial charge in [-0.25, -0.2) is 0 Å². The lowest BCUT2D eigenvalue weighted by Crippen LogP contribution is -2.68. The summed E-state index contributed by atoms with van der Waals surface area (Å²) in [6, 6.07) is 4.65. The van der Waals surface area contributed by atoms with Gasteiger partial charge in [0.15, 0.2) is 11.6 Å². The van der Waals surface area contributed by atoms with Crippen LogP contribution in [0.5, 0.6) is 5.75 Å². The molecule has 1 aromatic rings. The number of ketones is 2. The molecule has 33 heavy (non-hydrogen) atoms. The Hall–Kier alpha value is -2.10. The molecule has 4 fully saturated rings. The number of carbonyl (C=O) groups excluding carboxylic acids is 4. The molecular formula is C24H23BrO8. The van der Waals surface area contributed by atoms with Crippen LogP contribution in [0.3, 0.4) is 0 Å². The zero-order valence-electron chi connectivity index (χ0n) is 18.6. The summed E-state index contributed by atoms with van der Waals surface area (Å²) in [5.74, 6) is -4.51. The SMILES string of the molecule is CC(=O)Oc1cccc2c1C(=O)[C@@H]1C[C@H]3O[C@]34CC(C)(C)[C@H]3O[C@@]3(OC(C)=O)[C@@H]4[C@]1(Br)C2=O. The minimum absolute atomic E-state index is 0.0708. The molecule has 0 radical (unpaired) electrons. The van der Waals surface area contributed by atoms with Gasteiger partial charge in [0.25, 0.3) is 0 Å². The normalized spacial score (nSPS) is 43.2. The molecule has 2 saturated carbocycles. The van der Waals surface area contributed by atoms with E-state index in [1.165, 1.54) is 19.9 Å². The first-order valence-corrected chi connectivity index (χ1v) is 11.8. The fourth-order valence-corrected chi connectivity index (χ4v) is 8.30. The minimum Gasteiger partial charge on any atom is -0.430 e. The van der Waals surface area contributed by atoms with Crippen molar-refractivity contribution in [3.05, 3.63) is 29.3 Å². The molecule has 2 heterocycles. The Morgan fingerprint density at radius 3 is 2.52 bits per heavy atom. The topological polar surface area (TPSA) is 112 Å². The van der Waals surface area contributed by atoms with Crippen LogP contribution in [0, 0.1) is 17.3 Å². The molecule has 0 amide bonds. The number of rotatable bonds is 2. The number of benzene rings is 1. The van der Waals surface area contributed by atoms with Crippen molar-refractivity contribution in [1.82, 2.24) is 0 Å². The molecule has 0 aromatic heterocycles. The fourth-order valence-electron chi connectivity index (χ4n) is 6.99.